The Morgan fingerprint density at radius 1 is 1.32 bits per heavy atom. The van der Waals surface area contributed by atoms with E-state index in [-0.39, 0.29) is 11.3 Å². The summed E-state index contributed by atoms with van der Waals surface area (Å²) in [4.78, 5) is 23.0. The first kappa shape index (κ1) is 14.8. The average molecular weight is 267 g/mol. The molecule has 0 heterocycles. The van der Waals surface area contributed by atoms with Crippen molar-refractivity contribution in [1.29, 1.82) is 0 Å². The first-order valence-corrected chi connectivity index (χ1v) is 5.79. The van der Waals surface area contributed by atoms with E-state index < -0.39 is 17.9 Å². The van der Waals surface area contributed by atoms with E-state index in [4.69, 9.17) is 14.6 Å². The van der Waals surface area contributed by atoms with Gasteiger partial charge in [-0.05, 0) is 18.6 Å². The largest absolute Gasteiger partial charge is 0.493 e. The van der Waals surface area contributed by atoms with Gasteiger partial charge in [0.05, 0.1) is 19.8 Å². The lowest BCUT2D eigenvalue weighted by molar-refractivity contribution is -0.139. The molecule has 0 saturated carbocycles. The highest BCUT2D eigenvalue weighted by molar-refractivity contribution is 5.99. The summed E-state index contributed by atoms with van der Waals surface area (Å²) in [7, 11) is 2.88. The summed E-state index contributed by atoms with van der Waals surface area (Å²) < 4.78 is 10.2. The van der Waals surface area contributed by atoms with Gasteiger partial charge in [-0.15, -0.1) is 0 Å². The number of benzene rings is 1. The summed E-state index contributed by atoms with van der Waals surface area (Å²) in [6.07, 6.45) is 0.299. The molecule has 104 valence electrons. The molecule has 6 nitrogen and oxygen atoms in total. The number of carboxylic acids is 1. The summed E-state index contributed by atoms with van der Waals surface area (Å²) in [6, 6.07) is 3.91. The van der Waals surface area contributed by atoms with Crippen LogP contribution in [0.3, 0.4) is 0 Å². The van der Waals surface area contributed by atoms with Crippen LogP contribution in [0.25, 0.3) is 0 Å². The van der Waals surface area contributed by atoms with Crippen LogP contribution in [-0.2, 0) is 4.79 Å². The smallest absolute Gasteiger partial charge is 0.326 e. The van der Waals surface area contributed by atoms with Gasteiger partial charge in [-0.1, -0.05) is 13.0 Å². The molecule has 1 rings (SSSR count). The molecule has 0 aliphatic heterocycles. The Kier molecular flexibility index (Phi) is 5.17. The molecule has 0 aliphatic carbocycles. The lowest BCUT2D eigenvalue weighted by Gasteiger charge is -2.15. The fraction of sp³-hybridized carbons (Fsp3) is 0.385. The van der Waals surface area contributed by atoms with E-state index in [0.717, 1.165) is 0 Å². The van der Waals surface area contributed by atoms with Crippen LogP contribution in [0.15, 0.2) is 18.2 Å². The number of aliphatic carboxylic acids is 1. The van der Waals surface area contributed by atoms with Crippen LogP contribution in [0.1, 0.15) is 23.7 Å². The SMILES string of the molecule is CCC(NC(=O)c1cccc(OC)c1OC)C(=O)O. The summed E-state index contributed by atoms with van der Waals surface area (Å²) in [5.41, 5.74) is 0.238. The quantitative estimate of drug-likeness (QED) is 0.811. The van der Waals surface area contributed by atoms with Gasteiger partial charge in [-0.3, -0.25) is 4.79 Å². The van der Waals surface area contributed by atoms with Gasteiger partial charge < -0.3 is 19.9 Å². The third-order valence-electron chi connectivity index (χ3n) is 2.66. The molecule has 0 aromatic heterocycles. The number of ether oxygens (including phenoxy) is 2. The molecule has 0 bridgehead atoms. The van der Waals surface area contributed by atoms with Gasteiger partial charge in [-0.2, -0.15) is 0 Å². The fourth-order valence-corrected chi connectivity index (χ4v) is 1.64. The molecule has 19 heavy (non-hydrogen) atoms. The van der Waals surface area contributed by atoms with Crippen LogP contribution < -0.4 is 14.8 Å². The van der Waals surface area contributed by atoms with Crippen LogP contribution in [0.4, 0.5) is 0 Å². The van der Waals surface area contributed by atoms with E-state index in [0.29, 0.717) is 12.2 Å². The summed E-state index contributed by atoms with van der Waals surface area (Å²) in [5.74, 6) is -0.885. The Bertz CT molecular complexity index is 472. The minimum absolute atomic E-state index is 0.238. The monoisotopic (exact) mass is 267 g/mol. The zero-order chi connectivity index (χ0) is 14.4. The highest BCUT2D eigenvalue weighted by Crippen LogP contribution is 2.30. The maximum Gasteiger partial charge on any atom is 0.326 e. The van der Waals surface area contributed by atoms with E-state index in [9.17, 15) is 9.59 Å². The van der Waals surface area contributed by atoms with Gasteiger partial charge in [0.15, 0.2) is 11.5 Å². The highest BCUT2D eigenvalue weighted by atomic mass is 16.5. The molecule has 6 heteroatoms. The van der Waals surface area contributed by atoms with Crippen molar-refractivity contribution in [1.82, 2.24) is 5.32 Å². The van der Waals surface area contributed by atoms with E-state index in [1.54, 1.807) is 25.1 Å². The number of rotatable bonds is 6. The molecular weight excluding hydrogens is 250 g/mol. The molecule has 0 fully saturated rings. The Morgan fingerprint density at radius 3 is 2.47 bits per heavy atom. The molecule has 1 unspecified atom stereocenters. The minimum atomic E-state index is -1.07. The number of nitrogens with one attached hydrogen (secondary N) is 1. The minimum Gasteiger partial charge on any atom is -0.493 e. The van der Waals surface area contributed by atoms with Crippen molar-refractivity contribution in [2.24, 2.45) is 0 Å². The number of hydrogen-bond acceptors (Lipinski definition) is 4. The molecule has 0 aliphatic rings. The zero-order valence-corrected chi connectivity index (χ0v) is 11.1. The van der Waals surface area contributed by atoms with Gasteiger partial charge >= 0.3 is 5.97 Å². The topological polar surface area (TPSA) is 84.9 Å². The van der Waals surface area contributed by atoms with Crippen molar-refractivity contribution < 1.29 is 24.2 Å². The third-order valence-corrected chi connectivity index (χ3v) is 2.66. The van der Waals surface area contributed by atoms with Crippen molar-refractivity contribution in [2.75, 3.05) is 14.2 Å². The highest BCUT2D eigenvalue weighted by Gasteiger charge is 2.22. The van der Waals surface area contributed by atoms with E-state index in [1.165, 1.54) is 14.2 Å². The number of methoxy groups -OCH3 is 2. The standard InChI is InChI=1S/C13H17NO5/c1-4-9(13(16)17)14-12(15)8-6-5-7-10(18-2)11(8)19-3/h5-7,9H,4H2,1-3H3,(H,14,15)(H,16,17). The molecular formula is C13H17NO5. The number of amides is 1. The summed E-state index contributed by atoms with van der Waals surface area (Å²) in [6.45, 7) is 1.68. The van der Waals surface area contributed by atoms with Crippen molar-refractivity contribution in [3.05, 3.63) is 23.8 Å². The van der Waals surface area contributed by atoms with Crippen LogP contribution in [0, 0.1) is 0 Å². The molecule has 1 aromatic rings. The van der Waals surface area contributed by atoms with Crippen LogP contribution in [0.2, 0.25) is 0 Å². The Morgan fingerprint density at radius 2 is 2.00 bits per heavy atom. The van der Waals surface area contributed by atoms with Gasteiger partial charge in [0.25, 0.3) is 5.91 Å². The molecule has 0 spiro atoms. The van der Waals surface area contributed by atoms with Crippen molar-refractivity contribution in [3.8, 4) is 11.5 Å². The number of carbonyl (C=O) groups is 2. The van der Waals surface area contributed by atoms with Crippen LogP contribution in [0.5, 0.6) is 11.5 Å². The second-order valence-corrected chi connectivity index (χ2v) is 3.81. The summed E-state index contributed by atoms with van der Waals surface area (Å²) in [5, 5.41) is 11.4. The maximum absolute atomic E-state index is 12.1. The van der Waals surface area contributed by atoms with Crippen LogP contribution >= 0.6 is 0 Å². The Labute approximate surface area is 111 Å². The normalized spacial score (nSPS) is 11.5. The average Bonchev–Trinajstić information content (AvgIpc) is 2.42. The van der Waals surface area contributed by atoms with Crippen molar-refractivity contribution >= 4 is 11.9 Å². The van der Waals surface area contributed by atoms with E-state index in [2.05, 4.69) is 5.32 Å². The maximum atomic E-state index is 12.1. The molecule has 1 atom stereocenters. The number of carbonyl (C=O) groups excluding carboxylic acids is 1. The van der Waals surface area contributed by atoms with Gasteiger partial charge in [0, 0.05) is 0 Å². The van der Waals surface area contributed by atoms with Gasteiger partial charge in [0.2, 0.25) is 0 Å². The summed E-state index contributed by atoms with van der Waals surface area (Å²) >= 11 is 0. The Balaban J connectivity index is 3.02. The second-order valence-electron chi connectivity index (χ2n) is 3.81. The van der Waals surface area contributed by atoms with Crippen molar-refractivity contribution in [3.63, 3.8) is 0 Å². The number of carboxylic acid groups (broad SMARTS) is 1. The van der Waals surface area contributed by atoms with E-state index in [1.807, 2.05) is 0 Å². The van der Waals surface area contributed by atoms with Crippen LogP contribution in [-0.4, -0.2) is 37.2 Å². The lowest BCUT2D eigenvalue weighted by atomic mass is 10.1. The number of para-hydroxylation sites is 1. The lowest BCUT2D eigenvalue weighted by Crippen LogP contribution is -2.40. The molecule has 0 radical (unpaired) electrons. The predicted molar refractivity (Wildman–Crippen MR) is 68.7 cm³/mol. The molecule has 1 amide bonds. The number of hydrogen-bond donors (Lipinski definition) is 2. The molecule has 2 N–H and O–H groups in total. The first-order valence-electron chi connectivity index (χ1n) is 5.79. The first-order chi connectivity index (χ1) is 9.04. The van der Waals surface area contributed by atoms with E-state index >= 15 is 0 Å². The molecule has 0 saturated heterocycles. The fourth-order valence-electron chi connectivity index (χ4n) is 1.64. The van der Waals surface area contributed by atoms with Gasteiger partial charge in [0.1, 0.15) is 6.04 Å². The Hall–Kier alpha value is -2.24. The zero-order valence-electron chi connectivity index (χ0n) is 11.1. The predicted octanol–water partition coefficient (Wildman–Crippen LogP) is 1.30. The second kappa shape index (κ2) is 6.63. The molecule has 1 aromatic carbocycles. The van der Waals surface area contributed by atoms with Gasteiger partial charge in [-0.25, -0.2) is 4.79 Å². The van der Waals surface area contributed by atoms with Crippen molar-refractivity contribution in [2.45, 2.75) is 19.4 Å². The third kappa shape index (κ3) is 3.37.